The van der Waals surface area contributed by atoms with E-state index in [2.05, 4.69) is 55.3 Å². The van der Waals surface area contributed by atoms with Crippen molar-refractivity contribution >= 4 is 28.6 Å². The van der Waals surface area contributed by atoms with Crippen molar-refractivity contribution in [2.75, 3.05) is 13.1 Å². The Labute approximate surface area is 119 Å². The van der Waals surface area contributed by atoms with Crippen LogP contribution in [0.3, 0.4) is 0 Å². The third-order valence-corrected chi connectivity index (χ3v) is 3.39. The molecule has 2 rings (SSSR count). The summed E-state index contributed by atoms with van der Waals surface area (Å²) in [5, 5.41) is 5.00. The van der Waals surface area contributed by atoms with E-state index in [4.69, 9.17) is 11.6 Å². The van der Waals surface area contributed by atoms with Crippen LogP contribution in [0.2, 0.25) is 5.15 Å². The number of likely N-dealkylation sites (N-methyl/N-ethyl adjacent to an activating group) is 1. The predicted molar refractivity (Wildman–Crippen MR) is 83.7 cm³/mol. The summed E-state index contributed by atoms with van der Waals surface area (Å²) < 4.78 is 0. The van der Waals surface area contributed by atoms with Crippen molar-refractivity contribution < 1.29 is 0 Å². The van der Waals surface area contributed by atoms with Crippen molar-refractivity contribution in [3.8, 4) is 0 Å². The molecule has 0 unspecified atom stereocenters. The lowest BCUT2D eigenvalue weighted by Gasteiger charge is -2.06. The molecule has 0 aliphatic rings. The van der Waals surface area contributed by atoms with Crippen LogP contribution in [0.1, 0.15) is 25.0 Å². The minimum Gasteiger partial charge on any atom is -0.313 e. The summed E-state index contributed by atoms with van der Waals surface area (Å²) in [5.74, 6) is 0. The van der Waals surface area contributed by atoms with E-state index >= 15 is 0 Å². The number of aryl methyl sites for hydroxylation is 1. The maximum atomic E-state index is 6.28. The van der Waals surface area contributed by atoms with Gasteiger partial charge in [-0.3, -0.25) is 0 Å². The zero-order chi connectivity index (χ0) is 13.8. The maximum absolute atomic E-state index is 6.28. The van der Waals surface area contributed by atoms with Crippen LogP contribution < -0.4 is 5.32 Å². The molecule has 0 saturated heterocycles. The summed E-state index contributed by atoms with van der Waals surface area (Å²) in [6.07, 6.45) is 2.10. The van der Waals surface area contributed by atoms with Crippen LogP contribution in [0.25, 0.3) is 17.0 Å². The molecule has 19 heavy (non-hydrogen) atoms. The van der Waals surface area contributed by atoms with Crippen LogP contribution in [-0.4, -0.2) is 18.1 Å². The first-order valence-electron chi connectivity index (χ1n) is 6.55. The third kappa shape index (κ3) is 3.34. The number of pyridine rings is 1. The van der Waals surface area contributed by atoms with Crippen molar-refractivity contribution in [3.05, 3.63) is 46.1 Å². The highest BCUT2D eigenvalue weighted by molar-refractivity contribution is 6.31. The molecule has 0 atom stereocenters. The van der Waals surface area contributed by atoms with E-state index in [-0.39, 0.29) is 0 Å². The molecule has 0 aliphatic heterocycles. The molecule has 100 valence electrons. The van der Waals surface area contributed by atoms with E-state index in [0.717, 1.165) is 35.1 Å². The zero-order valence-electron chi connectivity index (χ0n) is 11.6. The van der Waals surface area contributed by atoms with Gasteiger partial charge in [0.05, 0.1) is 5.52 Å². The van der Waals surface area contributed by atoms with Crippen molar-refractivity contribution in [1.82, 2.24) is 10.3 Å². The lowest BCUT2D eigenvalue weighted by molar-refractivity contribution is 0.778. The van der Waals surface area contributed by atoms with Gasteiger partial charge in [-0.15, -0.1) is 0 Å². The van der Waals surface area contributed by atoms with Crippen molar-refractivity contribution in [2.24, 2.45) is 0 Å². The Bertz CT molecular complexity index is 617. The number of para-hydroxylation sites is 1. The van der Waals surface area contributed by atoms with Gasteiger partial charge in [0, 0.05) is 17.5 Å². The average Bonchev–Trinajstić information content (AvgIpc) is 2.38. The number of nitrogens with zero attached hydrogens (tertiary/aromatic N) is 1. The fraction of sp³-hybridized carbons (Fsp3) is 0.312. The number of hydrogen-bond acceptors (Lipinski definition) is 2. The number of nitrogens with one attached hydrogen (secondary N) is 1. The lowest BCUT2D eigenvalue weighted by Crippen LogP contribution is -2.14. The van der Waals surface area contributed by atoms with Crippen LogP contribution in [-0.2, 0) is 0 Å². The van der Waals surface area contributed by atoms with Crippen LogP contribution in [0, 0.1) is 6.92 Å². The predicted octanol–water partition coefficient (Wildman–Crippen LogP) is 4.21. The SMILES string of the molecule is CCNCC(C)=Cc1cc2cccc(C)c2nc1Cl. The molecular formula is C16H19ClN2. The van der Waals surface area contributed by atoms with Crippen LogP contribution >= 0.6 is 11.6 Å². The Hall–Kier alpha value is -1.38. The molecule has 0 bridgehead atoms. The minimum absolute atomic E-state index is 0.567. The minimum atomic E-state index is 0.567. The van der Waals surface area contributed by atoms with Gasteiger partial charge in [-0.05, 0) is 32.0 Å². The second kappa shape index (κ2) is 6.18. The smallest absolute Gasteiger partial charge is 0.137 e. The molecular weight excluding hydrogens is 256 g/mol. The van der Waals surface area contributed by atoms with E-state index in [1.165, 1.54) is 5.57 Å². The highest BCUT2D eigenvalue weighted by Crippen LogP contribution is 2.24. The maximum Gasteiger partial charge on any atom is 0.137 e. The Kier molecular flexibility index (Phi) is 4.56. The van der Waals surface area contributed by atoms with Gasteiger partial charge in [0.25, 0.3) is 0 Å². The monoisotopic (exact) mass is 274 g/mol. The van der Waals surface area contributed by atoms with Gasteiger partial charge in [0.1, 0.15) is 5.15 Å². The first-order chi connectivity index (χ1) is 9.11. The average molecular weight is 275 g/mol. The molecule has 0 aliphatic carbocycles. The van der Waals surface area contributed by atoms with Crippen LogP contribution in [0.4, 0.5) is 0 Å². The van der Waals surface area contributed by atoms with Gasteiger partial charge in [-0.25, -0.2) is 4.98 Å². The van der Waals surface area contributed by atoms with E-state index in [1.807, 2.05) is 6.07 Å². The molecule has 2 aromatic rings. The molecule has 3 heteroatoms. The quantitative estimate of drug-likeness (QED) is 0.845. The first-order valence-corrected chi connectivity index (χ1v) is 6.93. The fourth-order valence-electron chi connectivity index (χ4n) is 2.08. The van der Waals surface area contributed by atoms with E-state index < -0.39 is 0 Å². The molecule has 0 radical (unpaired) electrons. The summed E-state index contributed by atoms with van der Waals surface area (Å²) in [6, 6.07) is 8.28. The number of fused-ring (bicyclic) bond motifs is 1. The Morgan fingerprint density at radius 3 is 2.95 bits per heavy atom. The highest BCUT2D eigenvalue weighted by atomic mass is 35.5. The summed E-state index contributed by atoms with van der Waals surface area (Å²) in [6.45, 7) is 8.09. The molecule has 1 N–H and O–H groups in total. The second-order valence-corrected chi connectivity index (χ2v) is 5.14. The zero-order valence-corrected chi connectivity index (χ0v) is 12.4. The third-order valence-electron chi connectivity index (χ3n) is 3.08. The van der Waals surface area contributed by atoms with Crippen molar-refractivity contribution in [3.63, 3.8) is 0 Å². The number of aromatic nitrogens is 1. The Balaban J connectivity index is 2.42. The van der Waals surface area contributed by atoms with Crippen LogP contribution in [0.5, 0.6) is 0 Å². The summed E-state index contributed by atoms with van der Waals surface area (Å²) >= 11 is 6.28. The van der Waals surface area contributed by atoms with E-state index in [0.29, 0.717) is 5.15 Å². The van der Waals surface area contributed by atoms with Crippen molar-refractivity contribution in [2.45, 2.75) is 20.8 Å². The van der Waals surface area contributed by atoms with Gasteiger partial charge in [-0.1, -0.05) is 48.4 Å². The van der Waals surface area contributed by atoms with Gasteiger partial charge in [-0.2, -0.15) is 0 Å². The Morgan fingerprint density at radius 1 is 1.42 bits per heavy atom. The molecule has 0 amide bonds. The standard InChI is InChI=1S/C16H19ClN2/c1-4-18-10-11(2)8-14-9-13-7-5-6-12(3)15(13)19-16(14)17/h5-9,18H,4,10H2,1-3H3. The number of rotatable bonds is 4. The van der Waals surface area contributed by atoms with Crippen LogP contribution in [0.15, 0.2) is 29.8 Å². The van der Waals surface area contributed by atoms with Gasteiger partial charge in [0.2, 0.25) is 0 Å². The lowest BCUT2D eigenvalue weighted by atomic mass is 10.1. The largest absolute Gasteiger partial charge is 0.313 e. The van der Waals surface area contributed by atoms with E-state index in [9.17, 15) is 0 Å². The topological polar surface area (TPSA) is 24.9 Å². The summed E-state index contributed by atoms with van der Waals surface area (Å²) in [7, 11) is 0. The molecule has 1 heterocycles. The van der Waals surface area contributed by atoms with Gasteiger partial charge in [0.15, 0.2) is 0 Å². The van der Waals surface area contributed by atoms with E-state index in [1.54, 1.807) is 0 Å². The molecule has 2 nitrogen and oxygen atoms in total. The van der Waals surface area contributed by atoms with Gasteiger partial charge < -0.3 is 5.32 Å². The number of hydrogen-bond donors (Lipinski definition) is 1. The Morgan fingerprint density at radius 2 is 2.21 bits per heavy atom. The molecule has 1 aromatic carbocycles. The summed E-state index contributed by atoms with van der Waals surface area (Å²) in [5.41, 5.74) is 4.36. The normalized spacial score (nSPS) is 12.1. The molecule has 0 saturated carbocycles. The highest BCUT2D eigenvalue weighted by Gasteiger charge is 2.05. The molecule has 0 spiro atoms. The van der Waals surface area contributed by atoms with Gasteiger partial charge >= 0.3 is 0 Å². The fourth-order valence-corrected chi connectivity index (χ4v) is 2.27. The summed E-state index contributed by atoms with van der Waals surface area (Å²) in [4.78, 5) is 4.51. The second-order valence-electron chi connectivity index (χ2n) is 4.79. The number of halogens is 1. The van der Waals surface area contributed by atoms with Crippen molar-refractivity contribution in [1.29, 1.82) is 0 Å². The molecule has 1 aromatic heterocycles. The first kappa shape index (κ1) is 14.0. The number of benzene rings is 1. The molecule has 0 fully saturated rings.